The van der Waals surface area contributed by atoms with Crippen molar-refractivity contribution >= 4 is 23.2 Å². The minimum Gasteiger partial charge on any atom is -0.496 e. The number of methoxy groups -OCH3 is 1. The molecule has 3 rings (SSSR count). The summed E-state index contributed by atoms with van der Waals surface area (Å²) in [5.74, 6) is 0.00101. The van der Waals surface area contributed by atoms with Gasteiger partial charge in [0.05, 0.1) is 17.0 Å². The predicted molar refractivity (Wildman–Crippen MR) is 118 cm³/mol. The first-order valence-electron chi connectivity index (χ1n) is 9.64. The molecule has 0 saturated heterocycles. The molecule has 0 aliphatic rings. The SMILES string of the molecule is COc1ccc(/C=C/C(=O)c2nn(C)cc2[N+](=O)[O-])cc1COc1cc(C)ccc1[N+](=O)[O-]. The number of ether oxygens (including phenoxy) is 2. The van der Waals surface area contributed by atoms with Crippen molar-refractivity contribution in [3.05, 3.63) is 91.3 Å². The van der Waals surface area contributed by atoms with E-state index in [1.807, 2.05) is 0 Å². The summed E-state index contributed by atoms with van der Waals surface area (Å²) in [5, 5.41) is 26.2. The first kappa shape index (κ1) is 23.1. The fourth-order valence-electron chi connectivity index (χ4n) is 3.09. The number of benzene rings is 2. The molecule has 11 nitrogen and oxygen atoms in total. The number of aromatic nitrogens is 2. The van der Waals surface area contributed by atoms with Gasteiger partial charge in [-0.1, -0.05) is 18.2 Å². The van der Waals surface area contributed by atoms with Crippen molar-refractivity contribution in [2.75, 3.05) is 7.11 Å². The average molecular weight is 452 g/mol. The van der Waals surface area contributed by atoms with Crippen LogP contribution >= 0.6 is 0 Å². The van der Waals surface area contributed by atoms with Crippen LogP contribution in [0, 0.1) is 27.2 Å². The fourth-order valence-corrected chi connectivity index (χ4v) is 3.09. The van der Waals surface area contributed by atoms with Gasteiger partial charge in [0.1, 0.15) is 18.6 Å². The zero-order chi connectivity index (χ0) is 24.1. The van der Waals surface area contributed by atoms with Crippen LogP contribution in [0.5, 0.6) is 11.5 Å². The summed E-state index contributed by atoms with van der Waals surface area (Å²) < 4.78 is 12.2. The van der Waals surface area contributed by atoms with Crippen molar-refractivity contribution in [3.63, 3.8) is 0 Å². The molecule has 0 spiro atoms. The quantitative estimate of drug-likeness (QED) is 0.205. The van der Waals surface area contributed by atoms with Crippen molar-refractivity contribution in [2.45, 2.75) is 13.5 Å². The molecular weight excluding hydrogens is 432 g/mol. The Balaban J connectivity index is 1.83. The van der Waals surface area contributed by atoms with E-state index in [2.05, 4.69) is 5.10 Å². The molecule has 0 atom stereocenters. The molecule has 0 saturated carbocycles. The van der Waals surface area contributed by atoms with Gasteiger partial charge in [-0.3, -0.25) is 29.7 Å². The summed E-state index contributed by atoms with van der Waals surface area (Å²) in [6.07, 6.45) is 3.83. The number of ketones is 1. The highest BCUT2D eigenvalue weighted by Gasteiger charge is 2.23. The number of allylic oxidation sites excluding steroid dienone is 1. The number of aryl methyl sites for hydroxylation is 2. The van der Waals surface area contributed by atoms with E-state index in [-0.39, 0.29) is 29.4 Å². The second kappa shape index (κ2) is 9.73. The largest absolute Gasteiger partial charge is 0.496 e. The van der Waals surface area contributed by atoms with Gasteiger partial charge < -0.3 is 9.47 Å². The maximum absolute atomic E-state index is 12.4. The third kappa shape index (κ3) is 5.39. The maximum Gasteiger partial charge on any atom is 0.318 e. The minimum absolute atomic E-state index is 0.0190. The van der Waals surface area contributed by atoms with Gasteiger partial charge in [-0.05, 0) is 42.3 Å². The van der Waals surface area contributed by atoms with E-state index < -0.39 is 15.6 Å². The van der Waals surface area contributed by atoms with E-state index in [9.17, 15) is 25.0 Å². The third-order valence-corrected chi connectivity index (χ3v) is 4.67. The Morgan fingerprint density at radius 1 is 1.09 bits per heavy atom. The average Bonchev–Trinajstić information content (AvgIpc) is 3.18. The monoisotopic (exact) mass is 452 g/mol. The topological polar surface area (TPSA) is 140 Å². The summed E-state index contributed by atoms with van der Waals surface area (Å²) in [4.78, 5) is 33.6. The number of carbonyl (C=O) groups excluding carboxylic acids is 1. The van der Waals surface area contributed by atoms with Crippen molar-refractivity contribution in [1.82, 2.24) is 9.78 Å². The maximum atomic E-state index is 12.4. The summed E-state index contributed by atoms with van der Waals surface area (Å²) >= 11 is 0. The first-order chi connectivity index (χ1) is 15.7. The molecule has 3 aromatic rings. The molecule has 0 fully saturated rings. The summed E-state index contributed by atoms with van der Waals surface area (Å²) in [5.41, 5.74) is 1.20. The molecule has 0 bridgehead atoms. The molecule has 0 unspecified atom stereocenters. The lowest BCUT2D eigenvalue weighted by Gasteiger charge is -2.12. The lowest BCUT2D eigenvalue weighted by Crippen LogP contribution is -2.02. The Labute approximate surface area is 188 Å². The van der Waals surface area contributed by atoms with E-state index >= 15 is 0 Å². The van der Waals surface area contributed by atoms with E-state index in [1.54, 1.807) is 37.3 Å². The molecular formula is C22H20N4O7. The van der Waals surface area contributed by atoms with Gasteiger partial charge in [-0.15, -0.1) is 0 Å². The van der Waals surface area contributed by atoms with Crippen LogP contribution in [0.15, 0.2) is 48.7 Å². The van der Waals surface area contributed by atoms with E-state index in [0.29, 0.717) is 16.9 Å². The first-order valence-corrected chi connectivity index (χ1v) is 9.64. The summed E-state index contributed by atoms with van der Waals surface area (Å²) in [7, 11) is 2.97. The standard InChI is InChI=1S/C22H20N4O7/c1-14-4-7-17(25(28)29)21(10-14)33-13-16-11-15(6-9-20(16)32-3)5-8-19(27)22-18(26(30)31)12-24(2)23-22/h4-12H,13H2,1-3H3/b8-5+. The molecule has 170 valence electrons. The van der Waals surface area contributed by atoms with Crippen LogP contribution in [0.1, 0.15) is 27.2 Å². The van der Waals surface area contributed by atoms with Crippen LogP contribution in [0.25, 0.3) is 6.08 Å². The number of rotatable bonds is 9. The van der Waals surface area contributed by atoms with Crippen molar-refractivity contribution in [3.8, 4) is 11.5 Å². The van der Waals surface area contributed by atoms with Crippen LogP contribution in [-0.4, -0.2) is 32.5 Å². The van der Waals surface area contributed by atoms with Crippen molar-refractivity contribution < 1.29 is 24.1 Å². The summed E-state index contributed by atoms with van der Waals surface area (Å²) in [6.45, 7) is 1.78. The van der Waals surface area contributed by atoms with E-state index in [1.165, 1.54) is 37.1 Å². The van der Waals surface area contributed by atoms with Gasteiger partial charge in [-0.2, -0.15) is 5.10 Å². The Morgan fingerprint density at radius 2 is 1.82 bits per heavy atom. The van der Waals surface area contributed by atoms with Gasteiger partial charge in [0.25, 0.3) is 0 Å². The second-order valence-electron chi connectivity index (χ2n) is 7.08. The van der Waals surface area contributed by atoms with Crippen LogP contribution in [0.2, 0.25) is 0 Å². The molecule has 0 aliphatic carbocycles. The van der Waals surface area contributed by atoms with Gasteiger partial charge in [0.15, 0.2) is 5.75 Å². The number of carbonyl (C=O) groups is 1. The zero-order valence-corrected chi connectivity index (χ0v) is 18.0. The number of hydrogen-bond acceptors (Lipinski definition) is 8. The minimum atomic E-state index is -0.665. The number of nitro benzene ring substituents is 1. The number of nitrogens with zero attached hydrogens (tertiary/aromatic N) is 4. The molecule has 0 amide bonds. The van der Waals surface area contributed by atoms with Gasteiger partial charge in [0.2, 0.25) is 11.5 Å². The summed E-state index contributed by atoms with van der Waals surface area (Å²) in [6, 6.07) is 9.62. The molecule has 1 aromatic heterocycles. The molecule has 0 N–H and O–H groups in total. The Morgan fingerprint density at radius 3 is 2.48 bits per heavy atom. The molecule has 33 heavy (non-hydrogen) atoms. The van der Waals surface area contributed by atoms with E-state index in [4.69, 9.17) is 9.47 Å². The van der Waals surface area contributed by atoms with Crippen LogP contribution in [0.3, 0.4) is 0 Å². The van der Waals surface area contributed by atoms with E-state index in [0.717, 1.165) is 11.8 Å². The molecule has 1 heterocycles. The third-order valence-electron chi connectivity index (χ3n) is 4.67. The molecule has 2 aromatic carbocycles. The number of nitro groups is 2. The highest BCUT2D eigenvalue weighted by atomic mass is 16.6. The van der Waals surface area contributed by atoms with Gasteiger partial charge in [0, 0.05) is 18.7 Å². The predicted octanol–water partition coefficient (Wildman–Crippen LogP) is 4.03. The van der Waals surface area contributed by atoms with Crippen LogP contribution < -0.4 is 9.47 Å². The van der Waals surface area contributed by atoms with Gasteiger partial charge >= 0.3 is 11.4 Å². The highest BCUT2D eigenvalue weighted by molar-refractivity contribution is 6.08. The van der Waals surface area contributed by atoms with Crippen molar-refractivity contribution in [2.24, 2.45) is 7.05 Å². The number of hydrogen-bond donors (Lipinski definition) is 0. The van der Waals surface area contributed by atoms with Crippen LogP contribution in [0.4, 0.5) is 11.4 Å². The lowest BCUT2D eigenvalue weighted by molar-refractivity contribution is -0.386. The zero-order valence-electron chi connectivity index (χ0n) is 18.0. The normalized spacial score (nSPS) is 10.9. The van der Waals surface area contributed by atoms with Crippen molar-refractivity contribution in [1.29, 1.82) is 0 Å². The smallest absolute Gasteiger partial charge is 0.318 e. The molecule has 11 heteroatoms. The van der Waals surface area contributed by atoms with Crippen LogP contribution in [-0.2, 0) is 13.7 Å². The fraction of sp³-hybridized carbons (Fsp3) is 0.182. The Bertz CT molecular complexity index is 1260. The Hall–Kier alpha value is -4.54. The highest BCUT2D eigenvalue weighted by Crippen LogP contribution is 2.30. The lowest BCUT2D eigenvalue weighted by atomic mass is 10.1. The molecule has 0 radical (unpaired) electrons. The second-order valence-corrected chi connectivity index (χ2v) is 7.08. The molecule has 0 aliphatic heterocycles. The van der Waals surface area contributed by atoms with Gasteiger partial charge in [-0.25, -0.2) is 0 Å². The Kier molecular flexibility index (Phi) is 6.82.